The van der Waals surface area contributed by atoms with E-state index in [1.54, 1.807) is 12.1 Å². The highest BCUT2D eigenvalue weighted by Gasteiger charge is 2.41. The van der Waals surface area contributed by atoms with Gasteiger partial charge in [-0.1, -0.05) is 13.3 Å². The molecule has 3 saturated carbocycles. The lowest BCUT2D eigenvalue weighted by Gasteiger charge is -2.33. The molecule has 2 bridgehead atoms. The van der Waals surface area contributed by atoms with E-state index in [0.29, 0.717) is 17.9 Å². The van der Waals surface area contributed by atoms with E-state index in [9.17, 15) is 9.18 Å². The van der Waals surface area contributed by atoms with E-state index < -0.39 is 0 Å². The molecule has 1 N–H and O–H groups in total. The molecule has 1 aromatic carbocycles. The van der Waals surface area contributed by atoms with Crippen molar-refractivity contribution in [2.45, 2.75) is 70.3 Å². The topological polar surface area (TPSA) is 42.0 Å². The first kappa shape index (κ1) is 19.0. The largest absolute Gasteiger partial charge is 0.353 e. The van der Waals surface area contributed by atoms with E-state index in [2.05, 4.69) is 23.3 Å². The molecule has 4 heteroatoms. The van der Waals surface area contributed by atoms with Gasteiger partial charge in [0.15, 0.2) is 0 Å². The zero-order chi connectivity index (χ0) is 20.0. The monoisotopic (exact) mass is 394 g/mol. The lowest BCUT2D eigenvalue weighted by Crippen LogP contribution is -2.43. The number of aromatic nitrogens is 1. The summed E-state index contributed by atoms with van der Waals surface area (Å²) in [6.45, 7) is 2.12. The lowest BCUT2D eigenvalue weighted by atomic mass is 9.73. The van der Waals surface area contributed by atoms with Crippen LogP contribution < -0.4 is 5.32 Å². The minimum absolute atomic E-state index is 0.0849. The average molecular weight is 395 g/mol. The molecular formula is C25H31FN2O. The summed E-state index contributed by atoms with van der Waals surface area (Å²) in [5.74, 6) is 2.62. The predicted molar refractivity (Wildman–Crippen MR) is 113 cm³/mol. The molecule has 3 aliphatic carbocycles. The fraction of sp³-hybridized carbons (Fsp3) is 0.600. The van der Waals surface area contributed by atoms with E-state index >= 15 is 0 Å². The SMILES string of the molecule is C[C@@H](C(=O)N[C@H]1CC2CCC1C2)C1CCC(c2ccnc3ccc(F)cc23)CC1. The van der Waals surface area contributed by atoms with Crippen molar-refractivity contribution in [3.63, 3.8) is 0 Å². The van der Waals surface area contributed by atoms with Gasteiger partial charge in [0.25, 0.3) is 0 Å². The highest BCUT2D eigenvalue weighted by molar-refractivity contribution is 5.82. The number of carbonyl (C=O) groups is 1. The molecule has 2 unspecified atom stereocenters. The fourth-order valence-electron chi connectivity index (χ4n) is 6.38. The molecular weight excluding hydrogens is 363 g/mol. The van der Waals surface area contributed by atoms with Crippen molar-refractivity contribution in [2.75, 3.05) is 0 Å². The fourth-order valence-corrected chi connectivity index (χ4v) is 6.38. The second-order valence-electron chi connectivity index (χ2n) is 9.75. The van der Waals surface area contributed by atoms with E-state index in [0.717, 1.165) is 48.4 Å². The van der Waals surface area contributed by atoms with Gasteiger partial charge < -0.3 is 5.32 Å². The second kappa shape index (κ2) is 7.70. The smallest absolute Gasteiger partial charge is 0.223 e. The summed E-state index contributed by atoms with van der Waals surface area (Å²) >= 11 is 0. The van der Waals surface area contributed by atoms with Crippen LogP contribution in [0.2, 0.25) is 0 Å². The number of amides is 1. The number of hydrogen-bond donors (Lipinski definition) is 1. The first-order valence-corrected chi connectivity index (χ1v) is 11.4. The van der Waals surface area contributed by atoms with Crippen LogP contribution in [-0.4, -0.2) is 16.9 Å². The van der Waals surface area contributed by atoms with Gasteiger partial charge in [0.2, 0.25) is 5.91 Å². The Morgan fingerprint density at radius 2 is 1.93 bits per heavy atom. The zero-order valence-electron chi connectivity index (χ0n) is 17.2. The van der Waals surface area contributed by atoms with Gasteiger partial charge in [0.05, 0.1) is 5.52 Å². The quantitative estimate of drug-likeness (QED) is 0.735. The van der Waals surface area contributed by atoms with Crippen molar-refractivity contribution in [3.8, 4) is 0 Å². The number of rotatable bonds is 4. The number of nitrogens with zero attached hydrogens (tertiary/aromatic N) is 1. The minimum Gasteiger partial charge on any atom is -0.353 e. The lowest BCUT2D eigenvalue weighted by molar-refractivity contribution is -0.127. The van der Waals surface area contributed by atoms with Crippen LogP contribution in [0.3, 0.4) is 0 Å². The molecule has 0 aliphatic heterocycles. The Kier molecular flexibility index (Phi) is 5.05. The molecule has 0 spiro atoms. The van der Waals surface area contributed by atoms with Crippen LogP contribution in [0.15, 0.2) is 30.5 Å². The summed E-state index contributed by atoms with van der Waals surface area (Å²) < 4.78 is 13.8. The van der Waals surface area contributed by atoms with Crippen LogP contribution in [0.5, 0.6) is 0 Å². The van der Waals surface area contributed by atoms with E-state index in [1.807, 2.05) is 6.20 Å². The Balaban J connectivity index is 1.21. The molecule has 3 aliphatic rings. The van der Waals surface area contributed by atoms with Gasteiger partial charge >= 0.3 is 0 Å². The molecule has 4 atom stereocenters. The molecule has 3 nitrogen and oxygen atoms in total. The highest BCUT2D eigenvalue weighted by atomic mass is 19.1. The maximum atomic E-state index is 13.8. The van der Waals surface area contributed by atoms with Crippen LogP contribution in [0.4, 0.5) is 4.39 Å². The summed E-state index contributed by atoms with van der Waals surface area (Å²) in [6, 6.07) is 7.35. The van der Waals surface area contributed by atoms with Gasteiger partial charge in [-0.05, 0) is 98.4 Å². The molecule has 0 saturated heterocycles. The van der Waals surface area contributed by atoms with Gasteiger partial charge in [-0.25, -0.2) is 4.39 Å². The summed E-state index contributed by atoms with van der Waals surface area (Å²) in [5.41, 5.74) is 2.08. The Morgan fingerprint density at radius 3 is 2.66 bits per heavy atom. The maximum Gasteiger partial charge on any atom is 0.223 e. The van der Waals surface area contributed by atoms with Crippen LogP contribution in [-0.2, 0) is 4.79 Å². The highest BCUT2D eigenvalue weighted by Crippen LogP contribution is 2.45. The second-order valence-corrected chi connectivity index (χ2v) is 9.75. The van der Waals surface area contributed by atoms with Crippen molar-refractivity contribution < 1.29 is 9.18 Å². The third-order valence-corrected chi connectivity index (χ3v) is 8.14. The van der Waals surface area contributed by atoms with Gasteiger partial charge in [-0.3, -0.25) is 9.78 Å². The van der Waals surface area contributed by atoms with Crippen LogP contribution >= 0.6 is 0 Å². The van der Waals surface area contributed by atoms with Crippen molar-refractivity contribution in [1.82, 2.24) is 10.3 Å². The number of carbonyl (C=O) groups excluding carboxylic acids is 1. The van der Waals surface area contributed by atoms with Crippen LogP contribution in [0, 0.1) is 29.5 Å². The number of benzene rings is 1. The van der Waals surface area contributed by atoms with Crippen molar-refractivity contribution in [1.29, 1.82) is 0 Å². The van der Waals surface area contributed by atoms with Gasteiger partial charge in [-0.15, -0.1) is 0 Å². The van der Waals surface area contributed by atoms with E-state index in [1.165, 1.54) is 37.3 Å². The van der Waals surface area contributed by atoms with E-state index in [-0.39, 0.29) is 17.6 Å². The van der Waals surface area contributed by atoms with Crippen LogP contribution in [0.25, 0.3) is 10.9 Å². The Bertz CT molecular complexity index is 905. The van der Waals surface area contributed by atoms with Gasteiger partial charge in [-0.2, -0.15) is 0 Å². The number of nitrogens with one attached hydrogen (secondary N) is 1. The molecule has 0 radical (unpaired) electrons. The molecule has 1 aromatic heterocycles. The van der Waals surface area contributed by atoms with Gasteiger partial charge in [0.1, 0.15) is 5.82 Å². The normalized spacial score (nSPS) is 32.4. The third-order valence-electron chi connectivity index (χ3n) is 8.14. The third kappa shape index (κ3) is 3.67. The maximum absolute atomic E-state index is 13.8. The number of fused-ring (bicyclic) bond motifs is 3. The van der Waals surface area contributed by atoms with Gasteiger partial charge in [0, 0.05) is 23.5 Å². The summed E-state index contributed by atoms with van der Waals surface area (Å²) in [7, 11) is 0. The minimum atomic E-state index is -0.202. The molecule has 1 heterocycles. The predicted octanol–water partition coefficient (Wildman–Crippen LogP) is 5.59. The first-order valence-electron chi connectivity index (χ1n) is 11.4. The molecule has 154 valence electrons. The van der Waals surface area contributed by atoms with Crippen LogP contribution in [0.1, 0.15) is 69.8 Å². The molecule has 2 aromatic rings. The summed E-state index contributed by atoms with van der Waals surface area (Å²) in [6.07, 6.45) is 11.3. The molecule has 1 amide bonds. The van der Waals surface area contributed by atoms with Crippen molar-refractivity contribution in [2.24, 2.45) is 23.7 Å². The summed E-state index contributed by atoms with van der Waals surface area (Å²) in [4.78, 5) is 17.3. The Labute approximate surface area is 172 Å². The Morgan fingerprint density at radius 1 is 1.10 bits per heavy atom. The molecule has 29 heavy (non-hydrogen) atoms. The number of pyridine rings is 1. The number of hydrogen-bond acceptors (Lipinski definition) is 2. The molecule has 3 fully saturated rings. The standard InChI is InChI=1S/C25H31FN2O/c1-15(25(29)28-24-13-16-2-3-19(24)12-16)17-4-6-18(7-5-17)21-10-11-27-23-9-8-20(26)14-22(21)23/h8-11,14-19,24H,2-7,12-13H2,1H3,(H,28,29)/t15-,16?,17?,18?,19?,24+/m1/s1. The number of halogens is 1. The first-order chi connectivity index (χ1) is 14.1. The Hall–Kier alpha value is -1.97. The summed E-state index contributed by atoms with van der Waals surface area (Å²) in [5, 5.41) is 4.33. The van der Waals surface area contributed by atoms with Crippen molar-refractivity contribution >= 4 is 16.8 Å². The van der Waals surface area contributed by atoms with Crippen molar-refractivity contribution in [3.05, 3.63) is 41.8 Å². The average Bonchev–Trinajstić information content (AvgIpc) is 3.36. The van der Waals surface area contributed by atoms with E-state index in [4.69, 9.17) is 0 Å². The molecule has 5 rings (SSSR count). The zero-order valence-corrected chi connectivity index (χ0v) is 17.2.